The van der Waals surface area contributed by atoms with E-state index in [0.717, 1.165) is 16.1 Å². The third-order valence-electron chi connectivity index (χ3n) is 2.42. The highest BCUT2D eigenvalue weighted by molar-refractivity contribution is 7.18. The van der Waals surface area contributed by atoms with Gasteiger partial charge in [-0.3, -0.25) is 4.79 Å². The Balaban J connectivity index is 2.47. The molecule has 0 aliphatic carbocycles. The van der Waals surface area contributed by atoms with Crippen LogP contribution in [0.3, 0.4) is 0 Å². The first-order valence-electron chi connectivity index (χ1n) is 5.44. The fourth-order valence-corrected chi connectivity index (χ4v) is 2.58. The first-order chi connectivity index (χ1) is 8.97. The lowest BCUT2D eigenvalue weighted by molar-refractivity contribution is 0.100. The van der Waals surface area contributed by atoms with Crippen LogP contribution in [0.15, 0.2) is 29.3 Å². The maximum absolute atomic E-state index is 11.2. The van der Waals surface area contributed by atoms with Gasteiger partial charge in [-0.1, -0.05) is 23.5 Å². The van der Waals surface area contributed by atoms with Crippen LogP contribution in [0.2, 0.25) is 0 Å². The van der Waals surface area contributed by atoms with Crippen LogP contribution in [0.1, 0.15) is 16.1 Å². The predicted octanol–water partition coefficient (Wildman–Crippen LogP) is 1.12. The van der Waals surface area contributed by atoms with Gasteiger partial charge < -0.3 is 17.2 Å². The van der Waals surface area contributed by atoms with E-state index in [1.54, 1.807) is 18.2 Å². The highest BCUT2D eigenvalue weighted by Gasteiger charge is 2.11. The summed E-state index contributed by atoms with van der Waals surface area (Å²) < 4.78 is 0. The van der Waals surface area contributed by atoms with Gasteiger partial charge in [-0.25, -0.2) is 4.98 Å². The zero-order valence-electron chi connectivity index (χ0n) is 10.3. The molecule has 0 unspecified atom stereocenters. The summed E-state index contributed by atoms with van der Waals surface area (Å²) in [5.74, 6) is -0.500. The van der Waals surface area contributed by atoms with Crippen LogP contribution in [0, 0.1) is 6.92 Å². The topological polar surface area (TPSA) is 120 Å². The summed E-state index contributed by atoms with van der Waals surface area (Å²) in [4.78, 5) is 20.2. The van der Waals surface area contributed by atoms with Crippen molar-refractivity contribution < 1.29 is 4.79 Å². The van der Waals surface area contributed by atoms with Gasteiger partial charge in [0.25, 0.3) is 0 Å². The van der Waals surface area contributed by atoms with Crippen molar-refractivity contribution in [1.29, 1.82) is 0 Å². The van der Waals surface area contributed by atoms with Crippen molar-refractivity contribution in [3.05, 3.63) is 35.5 Å². The lowest BCUT2D eigenvalue weighted by Crippen LogP contribution is -2.21. The van der Waals surface area contributed by atoms with E-state index in [1.165, 1.54) is 11.3 Å². The molecule has 1 amide bonds. The van der Waals surface area contributed by atoms with Gasteiger partial charge in [0.05, 0.1) is 10.6 Å². The first-order valence-corrected chi connectivity index (χ1v) is 6.26. The van der Waals surface area contributed by atoms with Crippen molar-refractivity contribution in [2.75, 3.05) is 0 Å². The SMILES string of the molecule is Cc1nc(N=C(N)N)sc1-c1cccc(C(N)=O)c1. The number of carbonyl (C=O) groups excluding carboxylic acids is 1. The van der Waals surface area contributed by atoms with Crippen LogP contribution < -0.4 is 17.2 Å². The van der Waals surface area contributed by atoms with Crippen molar-refractivity contribution in [1.82, 2.24) is 4.98 Å². The molecule has 98 valence electrons. The maximum atomic E-state index is 11.2. The summed E-state index contributed by atoms with van der Waals surface area (Å²) in [6.45, 7) is 1.86. The Hall–Kier alpha value is -2.41. The zero-order chi connectivity index (χ0) is 14.0. The third kappa shape index (κ3) is 2.89. The van der Waals surface area contributed by atoms with Crippen LogP contribution >= 0.6 is 11.3 Å². The Kier molecular flexibility index (Phi) is 3.48. The fraction of sp³-hybridized carbons (Fsp3) is 0.0833. The van der Waals surface area contributed by atoms with Gasteiger partial charge in [0.2, 0.25) is 11.0 Å². The van der Waals surface area contributed by atoms with E-state index in [-0.39, 0.29) is 5.96 Å². The maximum Gasteiger partial charge on any atom is 0.248 e. The number of rotatable bonds is 3. The smallest absolute Gasteiger partial charge is 0.248 e. The van der Waals surface area contributed by atoms with Gasteiger partial charge in [0.1, 0.15) is 0 Å². The number of guanidine groups is 1. The van der Waals surface area contributed by atoms with E-state index >= 15 is 0 Å². The molecule has 1 heterocycles. The summed E-state index contributed by atoms with van der Waals surface area (Å²) >= 11 is 1.35. The number of nitrogens with two attached hydrogens (primary N) is 3. The number of thiazole rings is 1. The second-order valence-corrected chi connectivity index (χ2v) is 4.87. The molecular formula is C12H13N5OS. The standard InChI is InChI=1S/C12H13N5OS/c1-6-9(19-12(16-6)17-11(14)15)7-3-2-4-8(5-7)10(13)18/h2-5H,1H3,(H2,13,18)(H4,14,15,16,17). The quantitative estimate of drug-likeness (QED) is 0.574. The number of benzene rings is 1. The molecule has 2 rings (SSSR count). The lowest BCUT2D eigenvalue weighted by Gasteiger charge is -2.00. The Labute approximate surface area is 114 Å². The number of nitrogens with zero attached hydrogens (tertiary/aromatic N) is 2. The molecule has 7 heteroatoms. The Morgan fingerprint density at radius 1 is 1.32 bits per heavy atom. The third-order valence-corrected chi connectivity index (χ3v) is 3.52. The molecule has 0 aliphatic rings. The average Bonchev–Trinajstić information content (AvgIpc) is 2.69. The van der Waals surface area contributed by atoms with Crippen LogP contribution in [-0.4, -0.2) is 16.9 Å². The number of carbonyl (C=O) groups is 1. The molecule has 1 aromatic heterocycles. The minimum atomic E-state index is -0.464. The number of aromatic nitrogens is 1. The number of primary amides is 1. The number of hydrogen-bond donors (Lipinski definition) is 3. The molecule has 0 aliphatic heterocycles. The van der Waals surface area contributed by atoms with E-state index in [2.05, 4.69) is 9.98 Å². The minimum absolute atomic E-state index is 0.0359. The highest BCUT2D eigenvalue weighted by atomic mass is 32.1. The van der Waals surface area contributed by atoms with Crippen molar-refractivity contribution in [2.45, 2.75) is 6.92 Å². The molecule has 0 saturated carbocycles. The van der Waals surface area contributed by atoms with E-state index < -0.39 is 5.91 Å². The molecule has 6 nitrogen and oxygen atoms in total. The van der Waals surface area contributed by atoms with Gasteiger partial charge in [0, 0.05) is 5.56 Å². The zero-order valence-corrected chi connectivity index (χ0v) is 11.1. The molecule has 0 spiro atoms. The van der Waals surface area contributed by atoms with Crippen LogP contribution in [0.25, 0.3) is 10.4 Å². The molecular weight excluding hydrogens is 262 g/mol. The molecule has 1 aromatic carbocycles. The van der Waals surface area contributed by atoms with Gasteiger partial charge in [0.15, 0.2) is 5.96 Å². The van der Waals surface area contributed by atoms with Crippen molar-refractivity contribution in [3.63, 3.8) is 0 Å². The summed E-state index contributed by atoms with van der Waals surface area (Å²) in [6.07, 6.45) is 0. The van der Waals surface area contributed by atoms with Gasteiger partial charge in [-0.05, 0) is 24.6 Å². The predicted molar refractivity (Wildman–Crippen MR) is 76.3 cm³/mol. The normalized spacial score (nSPS) is 10.2. The second-order valence-electron chi connectivity index (χ2n) is 3.89. The van der Waals surface area contributed by atoms with Crippen molar-refractivity contribution in [3.8, 4) is 10.4 Å². The molecule has 0 fully saturated rings. The highest BCUT2D eigenvalue weighted by Crippen LogP contribution is 2.34. The van der Waals surface area contributed by atoms with Gasteiger partial charge in [-0.15, -0.1) is 0 Å². The molecule has 0 saturated heterocycles. The Bertz CT molecular complexity index is 658. The summed E-state index contributed by atoms with van der Waals surface area (Å²) in [5, 5.41) is 0.483. The Morgan fingerprint density at radius 3 is 2.68 bits per heavy atom. The van der Waals surface area contributed by atoms with Crippen LogP contribution in [0.5, 0.6) is 0 Å². The molecule has 0 atom stereocenters. The van der Waals surface area contributed by atoms with E-state index in [0.29, 0.717) is 10.7 Å². The number of aryl methyl sites for hydroxylation is 1. The average molecular weight is 275 g/mol. The molecule has 19 heavy (non-hydrogen) atoms. The summed E-state index contributed by atoms with van der Waals surface area (Å²) in [5.41, 5.74) is 18.0. The van der Waals surface area contributed by atoms with Crippen LogP contribution in [0.4, 0.5) is 5.13 Å². The summed E-state index contributed by atoms with van der Waals surface area (Å²) in [6, 6.07) is 7.04. The molecule has 0 radical (unpaired) electrons. The first kappa shape index (κ1) is 13.0. The van der Waals surface area contributed by atoms with E-state index in [1.807, 2.05) is 13.0 Å². The van der Waals surface area contributed by atoms with Crippen molar-refractivity contribution in [2.24, 2.45) is 22.2 Å². The number of hydrogen-bond acceptors (Lipinski definition) is 4. The van der Waals surface area contributed by atoms with Crippen LogP contribution in [-0.2, 0) is 0 Å². The fourth-order valence-electron chi connectivity index (χ4n) is 1.62. The number of aliphatic imine (C=N–C) groups is 1. The van der Waals surface area contributed by atoms with E-state index in [4.69, 9.17) is 17.2 Å². The van der Waals surface area contributed by atoms with Gasteiger partial charge >= 0.3 is 0 Å². The minimum Gasteiger partial charge on any atom is -0.370 e. The van der Waals surface area contributed by atoms with E-state index in [9.17, 15) is 4.79 Å². The molecule has 0 bridgehead atoms. The summed E-state index contributed by atoms with van der Waals surface area (Å²) in [7, 11) is 0. The van der Waals surface area contributed by atoms with Crippen molar-refractivity contribution >= 4 is 28.3 Å². The number of amides is 1. The second kappa shape index (κ2) is 5.07. The largest absolute Gasteiger partial charge is 0.370 e. The molecule has 6 N–H and O–H groups in total. The lowest BCUT2D eigenvalue weighted by atomic mass is 10.1. The monoisotopic (exact) mass is 275 g/mol. The molecule has 2 aromatic rings. The van der Waals surface area contributed by atoms with Gasteiger partial charge in [-0.2, -0.15) is 4.99 Å². The Morgan fingerprint density at radius 2 is 2.05 bits per heavy atom.